The molecular weight excluding hydrogens is 319 g/mol. The van der Waals surface area contributed by atoms with E-state index in [1.807, 2.05) is 6.92 Å². The minimum atomic E-state index is -3.30. The summed E-state index contributed by atoms with van der Waals surface area (Å²) in [6.45, 7) is 1.89. The Morgan fingerprint density at radius 3 is 2.35 bits per heavy atom. The lowest BCUT2D eigenvalue weighted by Crippen LogP contribution is -2.10. The molecule has 0 bridgehead atoms. The lowest BCUT2D eigenvalue weighted by Gasteiger charge is -2.17. The number of hydrogen-bond acceptors (Lipinski definition) is 4. The Labute approximate surface area is 135 Å². The van der Waals surface area contributed by atoms with E-state index in [-0.39, 0.29) is 11.9 Å². The largest absolute Gasteiger partial charge is 0.497 e. The molecule has 0 unspecified atom stereocenters. The lowest BCUT2D eigenvalue weighted by molar-refractivity contribution is 0.414. The van der Waals surface area contributed by atoms with Gasteiger partial charge in [0.25, 0.3) is 0 Å². The average Bonchev–Trinajstić information content (AvgIpc) is 2.48. The summed E-state index contributed by atoms with van der Waals surface area (Å²) in [5.41, 5.74) is 1.72. The minimum Gasteiger partial charge on any atom is -0.497 e. The molecule has 23 heavy (non-hydrogen) atoms. The second-order valence-electron chi connectivity index (χ2n) is 5.21. The number of anilines is 2. The van der Waals surface area contributed by atoms with Gasteiger partial charge in [-0.25, -0.2) is 12.8 Å². The second kappa shape index (κ2) is 6.87. The van der Waals surface area contributed by atoms with Crippen LogP contribution in [0.2, 0.25) is 0 Å². The van der Waals surface area contributed by atoms with E-state index >= 15 is 0 Å². The van der Waals surface area contributed by atoms with Crippen LogP contribution in [0.15, 0.2) is 42.5 Å². The zero-order chi connectivity index (χ0) is 17.0. The monoisotopic (exact) mass is 338 g/mol. The number of benzene rings is 2. The number of ether oxygens (including phenoxy) is 1. The van der Waals surface area contributed by atoms with Gasteiger partial charge in [0.15, 0.2) is 0 Å². The molecule has 0 aliphatic carbocycles. The molecule has 0 heterocycles. The Balaban J connectivity index is 2.13. The molecule has 0 aromatic heterocycles. The van der Waals surface area contributed by atoms with Crippen molar-refractivity contribution in [3.8, 4) is 5.75 Å². The summed E-state index contributed by atoms with van der Waals surface area (Å²) in [6, 6.07) is 11.2. The molecule has 0 radical (unpaired) electrons. The molecule has 5 nitrogen and oxygen atoms in total. The van der Waals surface area contributed by atoms with Crippen molar-refractivity contribution < 1.29 is 17.5 Å². The summed E-state index contributed by atoms with van der Waals surface area (Å²) in [7, 11) is -1.78. The molecule has 124 valence electrons. The van der Waals surface area contributed by atoms with Crippen LogP contribution in [0.4, 0.5) is 15.8 Å². The third kappa shape index (κ3) is 4.85. The number of methoxy groups -OCH3 is 1. The van der Waals surface area contributed by atoms with Crippen molar-refractivity contribution in [1.82, 2.24) is 0 Å². The van der Waals surface area contributed by atoms with Crippen molar-refractivity contribution in [2.45, 2.75) is 13.0 Å². The van der Waals surface area contributed by atoms with Crippen LogP contribution in [0.1, 0.15) is 18.5 Å². The first kappa shape index (κ1) is 17.1. The first-order valence-corrected chi connectivity index (χ1v) is 8.85. The van der Waals surface area contributed by atoms with Crippen LogP contribution in [-0.2, 0) is 10.0 Å². The topological polar surface area (TPSA) is 67.4 Å². The number of hydrogen-bond donors (Lipinski definition) is 2. The molecule has 0 saturated carbocycles. The summed E-state index contributed by atoms with van der Waals surface area (Å²) >= 11 is 0. The Bertz CT molecular complexity index is 776. The Morgan fingerprint density at radius 1 is 1.13 bits per heavy atom. The van der Waals surface area contributed by atoms with Crippen LogP contribution in [0.3, 0.4) is 0 Å². The number of rotatable bonds is 6. The van der Waals surface area contributed by atoms with Gasteiger partial charge in [0.1, 0.15) is 11.6 Å². The van der Waals surface area contributed by atoms with E-state index < -0.39 is 10.0 Å². The van der Waals surface area contributed by atoms with Crippen LogP contribution in [0, 0.1) is 5.82 Å². The fraction of sp³-hybridized carbons (Fsp3) is 0.250. The van der Waals surface area contributed by atoms with Crippen molar-refractivity contribution in [2.24, 2.45) is 0 Å². The predicted molar refractivity (Wildman–Crippen MR) is 89.9 cm³/mol. The van der Waals surface area contributed by atoms with Gasteiger partial charge >= 0.3 is 0 Å². The predicted octanol–water partition coefficient (Wildman–Crippen LogP) is 3.38. The molecule has 0 aliphatic heterocycles. The van der Waals surface area contributed by atoms with Gasteiger partial charge in [-0.3, -0.25) is 4.72 Å². The average molecular weight is 338 g/mol. The van der Waals surface area contributed by atoms with E-state index in [0.717, 1.165) is 11.8 Å². The van der Waals surface area contributed by atoms with Gasteiger partial charge in [-0.05, 0) is 36.8 Å². The normalized spacial score (nSPS) is 12.5. The minimum absolute atomic E-state index is 0.163. The molecule has 0 fully saturated rings. The standard InChI is InChI=1S/C16H19FN2O3S/c1-11(18-16-10-14(22-2)8-9-15(16)17)12-4-6-13(7-5-12)19-23(3,20)21/h4-11,18-19H,1-3H3/t11-/m1/s1. The second-order valence-corrected chi connectivity index (χ2v) is 6.96. The van der Waals surface area contributed by atoms with E-state index in [0.29, 0.717) is 17.1 Å². The summed E-state index contributed by atoms with van der Waals surface area (Å²) in [5, 5.41) is 3.08. The van der Waals surface area contributed by atoms with E-state index in [1.165, 1.54) is 13.2 Å². The highest BCUT2D eigenvalue weighted by Gasteiger charge is 2.10. The highest BCUT2D eigenvalue weighted by atomic mass is 32.2. The first-order valence-electron chi connectivity index (χ1n) is 6.96. The van der Waals surface area contributed by atoms with Crippen molar-refractivity contribution >= 4 is 21.4 Å². The number of nitrogens with one attached hydrogen (secondary N) is 2. The molecule has 0 spiro atoms. The molecular formula is C16H19FN2O3S. The third-order valence-electron chi connectivity index (χ3n) is 3.26. The van der Waals surface area contributed by atoms with Gasteiger partial charge in [0, 0.05) is 17.8 Å². The Morgan fingerprint density at radius 2 is 1.78 bits per heavy atom. The Hall–Kier alpha value is -2.28. The van der Waals surface area contributed by atoms with Crippen LogP contribution in [0.25, 0.3) is 0 Å². The van der Waals surface area contributed by atoms with Gasteiger partial charge < -0.3 is 10.1 Å². The highest BCUT2D eigenvalue weighted by molar-refractivity contribution is 7.92. The van der Waals surface area contributed by atoms with Gasteiger partial charge in [-0.15, -0.1) is 0 Å². The number of halogens is 1. The van der Waals surface area contributed by atoms with Crippen LogP contribution >= 0.6 is 0 Å². The lowest BCUT2D eigenvalue weighted by atomic mass is 10.1. The third-order valence-corrected chi connectivity index (χ3v) is 3.87. The molecule has 0 aliphatic rings. The fourth-order valence-corrected chi connectivity index (χ4v) is 2.68. The molecule has 1 atom stereocenters. The summed E-state index contributed by atoms with van der Waals surface area (Å²) in [4.78, 5) is 0. The van der Waals surface area contributed by atoms with E-state index in [4.69, 9.17) is 4.74 Å². The van der Waals surface area contributed by atoms with Gasteiger partial charge in [-0.2, -0.15) is 0 Å². The van der Waals surface area contributed by atoms with Gasteiger partial charge in [0.2, 0.25) is 10.0 Å². The molecule has 0 amide bonds. The maximum atomic E-state index is 13.8. The SMILES string of the molecule is COc1ccc(F)c(N[C@H](C)c2ccc(NS(C)(=O)=O)cc2)c1. The van der Waals surface area contributed by atoms with E-state index in [2.05, 4.69) is 10.0 Å². The van der Waals surface area contributed by atoms with Crippen molar-refractivity contribution in [3.63, 3.8) is 0 Å². The number of sulfonamides is 1. The first-order chi connectivity index (χ1) is 10.8. The summed E-state index contributed by atoms with van der Waals surface area (Å²) < 4.78 is 43.7. The van der Waals surface area contributed by atoms with E-state index in [1.54, 1.807) is 36.4 Å². The van der Waals surface area contributed by atoms with Crippen LogP contribution < -0.4 is 14.8 Å². The quantitative estimate of drug-likeness (QED) is 0.847. The molecule has 2 N–H and O–H groups in total. The maximum absolute atomic E-state index is 13.8. The summed E-state index contributed by atoms with van der Waals surface area (Å²) in [6.07, 6.45) is 1.09. The van der Waals surface area contributed by atoms with Crippen LogP contribution in [-0.4, -0.2) is 21.8 Å². The zero-order valence-electron chi connectivity index (χ0n) is 13.1. The van der Waals surface area contributed by atoms with Gasteiger partial charge in [-0.1, -0.05) is 12.1 Å². The smallest absolute Gasteiger partial charge is 0.229 e. The Kier molecular flexibility index (Phi) is 5.10. The molecule has 2 aromatic carbocycles. The zero-order valence-corrected chi connectivity index (χ0v) is 13.9. The van der Waals surface area contributed by atoms with E-state index in [9.17, 15) is 12.8 Å². The van der Waals surface area contributed by atoms with Crippen molar-refractivity contribution in [1.29, 1.82) is 0 Å². The van der Waals surface area contributed by atoms with Gasteiger partial charge in [0.05, 0.1) is 19.1 Å². The van der Waals surface area contributed by atoms with Crippen LogP contribution in [0.5, 0.6) is 5.75 Å². The molecule has 7 heteroatoms. The molecule has 2 aromatic rings. The van der Waals surface area contributed by atoms with Crippen molar-refractivity contribution in [3.05, 3.63) is 53.8 Å². The molecule has 2 rings (SSSR count). The summed E-state index contributed by atoms with van der Waals surface area (Å²) in [5.74, 6) is 0.196. The fourth-order valence-electron chi connectivity index (χ4n) is 2.11. The maximum Gasteiger partial charge on any atom is 0.229 e. The molecule has 0 saturated heterocycles. The highest BCUT2D eigenvalue weighted by Crippen LogP contribution is 2.26. The van der Waals surface area contributed by atoms with Crippen molar-refractivity contribution in [2.75, 3.05) is 23.4 Å².